The van der Waals surface area contributed by atoms with Gasteiger partial charge in [0.05, 0.1) is 12.3 Å². The highest BCUT2D eigenvalue weighted by Gasteiger charge is 2.30. The summed E-state index contributed by atoms with van der Waals surface area (Å²) in [6, 6.07) is 7.00. The van der Waals surface area contributed by atoms with E-state index in [1.54, 1.807) is 24.3 Å². The smallest absolute Gasteiger partial charge is 0.234 e. The summed E-state index contributed by atoms with van der Waals surface area (Å²) >= 11 is 0. The Morgan fingerprint density at radius 3 is 2.61 bits per heavy atom. The monoisotopic (exact) mass is 243 g/mol. The van der Waals surface area contributed by atoms with Gasteiger partial charge in [-0.15, -0.1) is 0 Å². The second-order valence-corrected chi connectivity index (χ2v) is 3.95. The zero-order valence-corrected chi connectivity index (χ0v) is 9.85. The fourth-order valence-corrected chi connectivity index (χ4v) is 1.81. The van der Waals surface area contributed by atoms with Crippen LogP contribution in [0.1, 0.15) is 24.8 Å². The van der Waals surface area contributed by atoms with E-state index in [1.807, 2.05) is 0 Å². The van der Waals surface area contributed by atoms with Crippen LogP contribution in [0.2, 0.25) is 0 Å². The molecule has 4 heteroatoms. The van der Waals surface area contributed by atoms with Gasteiger partial charge in [0.1, 0.15) is 0 Å². The summed E-state index contributed by atoms with van der Waals surface area (Å²) in [5, 5.41) is 8.64. The summed E-state index contributed by atoms with van der Waals surface area (Å²) < 4.78 is 0. The van der Waals surface area contributed by atoms with Gasteiger partial charge in [0.15, 0.2) is 0 Å². The summed E-state index contributed by atoms with van der Waals surface area (Å²) in [7, 11) is 0. The molecule has 2 amide bonds. The van der Waals surface area contributed by atoms with Gasteiger partial charge in [0, 0.05) is 24.8 Å². The molecular weight excluding hydrogens is 230 g/mol. The van der Waals surface area contributed by atoms with Gasteiger partial charge < -0.3 is 5.11 Å². The molecule has 1 saturated heterocycles. The molecule has 1 aliphatic rings. The minimum absolute atomic E-state index is 0.0236. The standard InChI is InChI=1S/C14H13NO3/c16-9-2-1-4-11-5-3-6-12(10-11)15-13(17)7-8-14(15)18/h3,5-6,10,16H,2,7-9H2. The van der Waals surface area contributed by atoms with Crippen LogP contribution in [0.3, 0.4) is 0 Å². The molecule has 0 atom stereocenters. The van der Waals surface area contributed by atoms with Crippen LogP contribution in [0.4, 0.5) is 5.69 Å². The molecule has 1 fully saturated rings. The zero-order chi connectivity index (χ0) is 13.0. The van der Waals surface area contributed by atoms with Gasteiger partial charge in [0.2, 0.25) is 11.8 Å². The lowest BCUT2D eigenvalue weighted by Gasteiger charge is -2.13. The predicted octanol–water partition coefficient (Wildman–Crippen LogP) is 1.07. The van der Waals surface area contributed by atoms with Crippen molar-refractivity contribution < 1.29 is 14.7 Å². The largest absolute Gasteiger partial charge is 0.395 e. The third kappa shape index (κ3) is 2.58. The summed E-state index contributed by atoms with van der Waals surface area (Å²) in [6.45, 7) is 0.0236. The molecule has 92 valence electrons. The SMILES string of the molecule is O=C1CCC(=O)N1c1cccc(C#CCCO)c1. The van der Waals surface area contributed by atoms with E-state index in [2.05, 4.69) is 11.8 Å². The molecule has 4 nitrogen and oxygen atoms in total. The Morgan fingerprint density at radius 1 is 1.22 bits per heavy atom. The number of rotatable bonds is 2. The Balaban J connectivity index is 2.25. The van der Waals surface area contributed by atoms with Crippen LogP contribution in [0.5, 0.6) is 0 Å². The molecule has 1 N–H and O–H groups in total. The highest BCUT2D eigenvalue weighted by atomic mass is 16.2. The van der Waals surface area contributed by atoms with Crippen molar-refractivity contribution in [3.8, 4) is 11.8 Å². The van der Waals surface area contributed by atoms with E-state index in [4.69, 9.17) is 5.11 Å². The lowest BCUT2D eigenvalue weighted by atomic mass is 10.2. The Kier molecular flexibility index (Phi) is 3.75. The molecular formula is C14H13NO3. The maximum Gasteiger partial charge on any atom is 0.234 e. The second-order valence-electron chi connectivity index (χ2n) is 3.95. The summed E-state index contributed by atoms with van der Waals surface area (Å²) in [6.07, 6.45) is 0.963. The number of hydrogen-bond donors (Lipinski definition) is 1. The van der Waals surface area contributed by atoms with E-state index in [1.165, 1.54) is 4.90 Å². The quantitative estimate of drug-likeness (QED) is 0.624. The number of amides is 2. The summed E-state index contributed by atoms with van der Waals surface area (Å²) in [4.78, 5) is 24.4. The lowest BCUT2D eigenvalue weighted by Crippen LogP contribution is -2.28. The molecule has 1 aromatic rings. The Morgan fingerprint density at radius 2 is 1.94 bits per heavy atom. The van der Waals surface area contributed by atoms with Crippen molar-refractivity contribution in [2.45, 2.75) is 19.3 Å². The van der Waals surface area contributed by atoms with E-state index < -0.39 is 0 Å². The van der Waals surface area contributed by atoms with Gasteiger partial charge in [-0.2, -0.15) is 0 Å². The van der Waals surface area contributed by atoms with Crippen molar-refractivity contribution in [2.24, 2.45) is 0 Å². The van der Waals surface area contributed by atoms with Gasteiger partial charge in [-0.1, -0.05) is 17.9 Å². The van der Waals surface area contributed by atoms with Gasteiger partial charge in [-0.05, 0) is 18.2 Å². The molecule has 0 aliphatic carbocycles. The second kappa shape index (κ2) is 5.48. The van der Waals surface area contributed by atoms with E-state index in [-0.39, 0.29) is 31.3 Å². The van der Waals surface area contributed by atoms with Gasteiger partial charge in [-0.25, -0.2) is 0 Å². The Labute approximate surface area is 105 Å². The van der Waals surface area contributed by atoms with Crippen LogP contribution in [-0.2, 0) is 9.59 Å². The van der Waals surface area contributed by atoms with E-state index in [9.17, 15) is 9.59 Å². The molecule has 0 unspecified atom stereocenters. The third-order valence-corrected chi connectivity index (χ3v) is 2.63. The zero-order valence-electron chi connectivity index (χ0n) is 9.85. The molecule has 0 aromatic heterocycles. The number of imide groups is 1. The number of nitrogens with zero attached hydrogens (tertiary/aromatic N) is 1. The van der Waals surface area contributed by atoms with Crippen molar-refractivity contribution in [3.63, 3.8) is 0 Å². The molecule has 1 aromatic carbocycles. The molecule has 0 spiro atoms. The minimum atomic E-state index is -0.166. The first-order chi connectivity index (χ1) is 8.72. The van der Waals surface area contributed by atoms with Gasteiger partial charge in [0.25, 0.3) is 0 Å². The van der Waals surface area contributed by atoms with Crippen molar-refractivity contribution >= 4 is 17.5 Å². The van der Waals surface area contributed by atoms with Crippen LogP contribution in [-0.4, -0.2) is 23.5 Å². The Bertz CT molecular complexity index is 523. The topological polar surface area (TPSA) is 57.6 Å². The van der Waals surface area contributed by atoms with Gasteiger partial charge >= 0.3 is 0 Å². The van der Waals surface area contributed by atoms with E-state index >= 15 is 0 Å². The molecule has 0 bridgehead atoms. The number of anilines is 1. The van der Waals surface area contributed by atoms with Crippen molar-refractivity contribution in [1.29, 1.82) is 0 Å². The number of benzene rings is 1. The number of aliphatic hydroxyl groups is 1. The number of carbonyl (C=O) groups excluding carboxylic acids is 2. The average molecular weight is 243 g/mol. The fourth-order valence-electron chi connectivity index (χ4n) is 1.81. The average Bonchev–Trinajstić information content (AvgIpc) is 2.70. The molecule has 1 heterocycles. The Hall–Kier alpha value is -2.12. The first-order valence-corrected chi connectivity index (χ1v) is 5.78. The fraction of sp³-hybridized carbons (Fsp3) is 0.286. The highest BCUT2D eigenvalue weighted by Crippen LogP contribution is 2.22. The molecule has 18 heavy (non-hydrogen) atoms. The van der Waals surface area contributed by atoms with E-state index in [0.29, 0.717) is 12.1 Å². The maximum atomic E-state index is 11.6. The molecule has 1 aliphatic heterocycles. The summed E-state index contributed by atoms with van der Waals surface area (Å²) in [5.74, 6) is 5.35. The predicted molar refractivity (Wildman–Crippen MR) is 66.7 cm³/mol. The van der Waals surface area contributed by atoms with Gasteiger partial charge in [-0.3, -0.25) is 14.5 Å². The van der Waals surface area contributed by atoms with E-state index in [0.717, 1.165) is 5.56 Å². The minimum Gasteiger partial charge on any atom is -0.395 e. The number of carbonyl (C=O) groups is 2. The first-order valence-electron chi connectivity index (χ1n) is 5.78. The molecule has 2 rings (SSSR count). The third-order valence-electron chi connectivity index (χ3n) is 2.63. The summed E-state index contributed by atoms with van der Waals surface area (Å²) in [5.41, 5.74) is 1.30. The van der Waals surface area contributed by atoms with Crippen LogP contribution in [0.25, 0.3) is 0 Å². The normalized spacial score (nSPS) is 14.6. The van der Waals surface area contributed by atoms with Crippen LogP contribution < -0.4 is 4.90 Å². The first kappa shape index (κ1) is 12.3. The van der Waals surface area contributed by atoms with Crippen LogP contribution >= 0.6 is 0 Å². The molecule has 0 saturated carbocycles. The van der Waals surface area contributed by atoms with Crippen molar-refractivity contribution in [1.82, 2.24) is 0 Å². The number of aliphatic hydroxyl groups excluding tert-OH is 1. The maximum absolute atomic E-state index is 11.6. The molecule has 0 radical (unpaired) electrons. The lowest BCUT2D eigenvalue weighted by molar-refractivity contribution is -0.121. The van der Waals surface area contributed by atoms with Crippen LogP contribution in [0.15, 0.2) is 24.3 Å². The number of hydrogen-bond acceptors (Lipinski definition) is 3. The van der Waals surface area contributed by atoms with Crippen molar-refractivity contribution in [3.05, 3.63) is 29.8 Å². The van der Waals surface area contributed by atoms with Crippen LogP contribution in [0, 0.1) is 11.8 Å². The van der Waals surface area contributed by atoms with Crippen molar-refractivity contribution in [2.75, 3.05) is 11.5 Å². The highest BCUT2D eigenvalue weighted by molar-refractivity contribution is 6.19.